The van der Waals surface area contributed by atoms with Crippen LogP contribution in [0.5, 0.6) is 0 Å². The normalized spacial score (nSPS) is 11.4. The number of carbonyl (C=O) groups excluding carboxylic acids is 1. The third-order valence-corrected chi connectivity index (χ3v) is 7.49. The Bertz CT molecular complexity index is 1770. The van der Waals surface area contributed by atoms with Gasteiger partial charge in [0.05, 0.1) is 17.9 Å². The molecule has 45 heavy (non-hydrogen) atoms. The fourth-order valence-electron chi connectivity index (χ4n) is 3.67. The Morgan fingerprint density at radius 3 is 2.13 bits per heavy atom. The molecule has 0 radical (unpaired) electrons. The molecule has 0 unspecified atom stereocenters. The molecule has 2 N–H and O–H groups in total. The van der Waals surface area contributed by atoms with Crippen LogP contribution in [0.15, 0.2) is 90.5 Å². The van der Waals surface area contributed by atoms with Crippen molar-refractivity contribution in [3.8, 4) is 22.5 Å². The van der Waals surface area contributed by atoms with Crippen molar-refractivity contribution < 1.29 is 37.8 Å². The Hall–Kier alpha value is -5.08. The van der Waals surface area contributed by atoms with E-state index in [2.05, 4.69) is 15.0 Å². The maximum absolute atomic E-state index is 13.5. The van der Waals surface area contributed by atoms with Crippen molar-refractivity contribution in [2.75, 3.05) is 7.05 Å². The minimum atomic E-state index is -3.98. The minimum absolute atomic E-state index is 0.0377. The Morgan fingerprint density at radius 2 is 1.62 bits per heavy atom. The summed E-state index contributed by atoms with van der Waals surface area (Å²) in [6, 6.07) is 11.8. The summed E-state index contributed by atoms with van der Waals surface area (Å²) in [6.45, 7) is 5.49. The first-order chi connectivity index (χ1) is 21.1. The molecule has 0 bridgehead atoms. The van der Waals surface area contributed by atoms with Crippen LogP contribution in [-0.4, -0.2) is 73.1 Å². The number of carboxylic acid groups (broad SMARTS) is 2. The average Bonchev–Trinajstić information content (AvgIpc) is 3.41. The smallest absolute Gasteiger partial charge is 0.410 e. The predicted molar refractivity (Wildman–Crippen MR) is 165 cm³/mol. The van der Waals surface area contributed by atoms with Gasteiger partial charge >= 0.3 is 18.0 Å². The van der Waals surface area contributed by atoms with Crippen LogP contribution in [0.3, 0.4) is 0 Å². The zero-order valence-electron chi connectivity index (χ0n) is 24.7. The number of carboxylic acids is 2. The van der Waals surface area contributed by atoms with E-state index in [9.17, 15) is 22.8 Å². The van der Waals surface area contributed by atoms with Crippen LogP contribution >= 0.6 is 11.6 Å². The lowest BCUT2D eigenvalue weighted by molar-refractivity contribution is -0.134. The summed E-state index contributed by atoms with van der Waals surface area (Å²) in [5.41, 5.74) is 2.34. The summed E-state index contributed by atoms with van der Waals surface area (Å²) in [6.07, 6.45) is 8.10. The van der Waals surface area contributed by atoms with Crippen LogP contribution in [0.4, 0.5) is 4.79 Å². The molecule has 0 aliphatic rings. The number of hydrogen-bond acceptors (Lipinski definition) is 9. The number of pyridine rings is 3. The average molecular weight is 656 g/mol. The fraction of sp³-hybridized carbons (Fsp3) is 0.200. The van der Waals surface area contributed by atoms with Gasteiger partial charge in [0.25, 0.3) is 10.0 Å². The number of carbonyl (C=O) groups is 3. The van der Waals surface area contributed by atoms with Gasteiger partial charge in [0.1, 0.15) is 15.6 Å². The topological polar surface area (TPSA) is 182 Å². The molecule has 0 fully saturated rings. The molecule has 0 aliphatic carbocycles. The van der Waals surface area contributed by atoms with E-state index in [0.717, 1.165) is 5.56 Å². The summed E-state index contributed by atoms with van der Waals surface area (Å²) >= 11 is 5.88. The molecule has 4 aromatic rings. The molecule has 0 aliphatic heterocycles. The van der Waals surface area contributed by atoms with Crippen molar-refractivity contribution >= 4 is 39.7 Å². The predicted octanol–water partition coefficient (Wildman–Crippen LogP) is 4.98. The van der Waals surface area contributed by atoms with Gasteiger partial charge in [0.2, 0.25) is 0 Å². The molecule has 0 saturated heterocycles. The third kappa shape index (κ3) is 9.98. The van der Waals surface area contributed by atoms with E-state index in [-0.39, 0.29) is 11.4 Å². The number of halogens is 1. The van der Waals surface area contributed by atoms with Gasteiger partial charge in [-0.2, -0.15) is 0 Å². The Morgan fingerprint density at radius 1 is 0.978 bits per heavy atom. The van der Waals surface area contributed by atoms with Gasteiger partial charge in [0.15, 0.2) is 0 Å². The van der Waals surface area contributed by atoms with Crippen molar-refractivity contribution in [2.45, 2.75) is 37.8 Å². The van der Waals surface area contributed by atoms with Crippen LogP contribution in [0.25, 0.3) is 22.5 Å². The molecule has 236 valence electrons. The van der Waals surface area contributed by atoms with E-state index < -0.39 is 33.7 Å². The van der Waals surface area contributed by atoms with E-state index in [1.807, 2.05) is 0 Å². The van der Waals surface area contributed by atoms with Crippen LogP contribution in [-0.2, 0) is 30.9 Å². The molecule has 0 atom stereocenters. The highest BCUT2D eigenvalue weighted by atomic mass is 35.5. The maximum Gasteiger partial charge on any atom is 0.410 e. The lowest BCUT2D eigenvalue weighted by Gasteiger charge is -2.24. The molecule has 0 spiro atoms. The van der Waals surface area contributed by atoms with Gasteiger partial charge < -0.3 is 19.8 Å². The van der Waals surface area contributed by atoms with Crippen molar-refractivity contribution in [3.63, 3.8) is 0 Å². The number of ether oxygens (including phenoxy) is 1. The van der Waals surface area contributed by atoms with Crippen LogP contribution in [0.1, 0.15) is 26.3 Å². The van der Waals surface area contributed by atoms with E-state index in [0.29, 0.717) is 39.8 Å². The molecular weight excluding hydrogens is 626 g/mol. The van der Waals surface area contributed by atoms with Crippen LogP contribution in [0.2, 0.25) is 5.15 Å². The second-order valence-corrected chi connectivity index (χ2v) is 12.6. The second kappa shape index (κ2) is 14.6. The Labute approximate surface area is 264 Å². The highest BCUT2D eigenvalue weighted by molar-refractivity contribution is 7.90. The fourth-order valence-corrected chi connectivity index (χ4v) is 5.14. The van der Waals surface area contributed by atoms with Crippen molar-refractivity contribution in [1.82, 2.24) is 23.8 Å². The molecule has 4 heterocycles. The lowest BCUT2D eigenvalue weighted by atomic mass is 10.1. The molecule has 1 amide bonds. The number of hydrogen-bond donors (Lipinski definition) is 2. The molecule has 0 aromatic carbocycles. The zero-order valence-corrected chi connectivity index (χ0v) is 26.2. The van der Waals surface area contributed by atoms with Gasteiger partial charge in [-0.15, -0.1) is 0 Å². The molecule has 4 rings (SSSR count). The monoisotopic (exact) mass is 655 g/mol. The van der Waals surface area contributed by atoms with Gasteiger partial charge in [-0.3, -0.25) is 9.97 Å². The van der Waals surface area contributed by atoms with E-state index in [1.54, 1.807) is 76.6 Å². The van der Waals surface area contributed by atoms with E-state index >= 15 is 0 Å². The van der Waals surface area contributed by atoms with Crippen LogP contribution in [0, 0.1) is 0 Å². The van der Waals surface area contributed by atoms with Gasteiger partial charge in [0, 0.05) is 61.3 Å². The molecule has 13 nitrogen and oxygen atoms in total. The first-order valence-electron chi connectivity index (χ1n) is 13.1. The lowest BCUT2D eigenvalue weighted by Crippen LogP contribution is -2.33. The van der Waals surface area contributed by atoms with Crippen molar-refractivity contribution in [2.24, 2.45) is 0 Å². The SMILES string of the molecule is CN(Cc1cc(-c2ccc(-c3ccc(Cl)nc3)nc2)n(S(=O)(=O)c2cccnc2)c1)C(=O)OC(C)(C)C.O=C(O)C=CC(=O)O. The Kier molecular flexibility index (Phi) is 11.2. The van der Waals surface area contributed by atoms with Crippen molar-refractivity contribution in [1.29, 1.82) is 0 Å². The van der Waals surface area contributed by atoms with E-state index in [4.69, 9.17) is 26.6 Å². The standard InChI is InChI=1S/C26H26ClN5O4S.C4H4O4/c1-26(2,3)36-25(33)31(4)16-18-12-23(32(17-18)37(34,35)21-6-5-11-28-15-21)20-7-9-22(29-14-20)19-8-10-24(27)30-13-19;5-3(6)1-2-4(7)8/h5-15,17H,16H2,1-4H3;1-2H,(H,5,6)(H,7,8). The second-order valence-electron chi connectivity index (χ2n) is 10.4. The Balaban J connectivity index is 0.000000610. The number of rotatable bonds is 8. The number of aliphatic carboxylic acids is 2. The molecule has 0 saturated carbocycles. The first-order valence-corrected chi connectivity index (χ1v) is 14.9. The van der Waals surface area contributed by atoms with Crippen LogP contribution < -0.4 is 0 Å². The first kappa shape index (κ1) is 34.4. The van der Waals surface area contributed by atoms with Crippen molar-refractivity contribution in [3.05, 3.63) is 96.3 Å². The zero-order chi connectivity index (χ0) is 33.4. The third-order valence-electron chi connectivity index (χ3n) is 5.61. The molecule has 4 aromatic heterocycles. The molecule has 15 heteroatoms. The number of aromatic nitrogens is 4. The number of amides is 1. The summed E-state index contributed by atoms with van der Waals surface area (Å²) in [4.78, 5) is 45.5. The summed E-state index contributed by atoms with van der Waals surface area (Å²) in [5, 5.41) is 16.0. The van der Waals surface area contributed by atoms with Gasteiger partial charge in [-0.25, -0.2) is 31.8 Å². The summed E-state index contributed by atoms with van der Waals surface area (Å²) in [7, 11) is -2.39. The van der Waals surface area contributed by atoms with Gasteiger partial charge in [-0.1, -0.05) is 11.6 Å². The highest BCUT2D eigenvalue weighted by Crippen LogP contribution is 2.29. The van der Waals surface area contributed by atoms with E-state index in [1.165, 1.54) is 33.5 Å². The number of nitrogens with zero attached hydrogens (tertiary/aromatic N) is 5. The quantitative estimate of drug-likeness (QED) is 0.193. The minimum Gasteiger partial charge on any atom is -0.478 e. The highest BCUT2D eigenvalue weighted by Gasteiger charge is 2.25. The maximum atomic E-state index is 13.5. The van der Waals surface area contributed by atoms with Gasteiger partial charge in [-0.05, 0) is 68.8 Å². The summed E-state index contributed by atoms with van der Waals surface area (Å²) < 4.78 is 33.7. The largest absolute Gasteiger partial charge is 0.478 e. The summed E-state index contributed by atoms with van der Waals surface area (Å²) in [5.74, 6) is -2.51. The molecular formula is C30H30ClN5O8S.